The molecule has 19 heavy (non-hydrogen) atoms. The van der Waals surface area contributed by atoms with Gasteiger partial charge in [0.05, 0.1) is 12.9 Å². The summed E-state index contributed by atoms with van der Waals surface area (Å²) in [4.78, 5) is 0. The Bertz CT molecular complexity index is 543. The van der Waals surface area contributed by atoms with Gasteiger partial charge in [-0.1, -0.05) is 6.07 Å². The standard InChI is InChI=1S/C13H20N2O3S/c1-18-11-5-6-12-10(9-11)3-2-4-13(12)15-7-8-19(14,16)17/h5-6,9,13,15H,2-4,7-8H2,1H3,(H2,14,16,17). The van der Waals surface area contributed by atoms with Crippen molar-refractivity contribution in [2.45, 2.75) is 25.3 Å². The number of hydrogen-bond donors (Lipinski definition) is 2. The number of hydrogen-bond acceptors (Lipinski definition) is 4. The monoisotopic (exact) mass is 284 g/mol. The van der Waals surface area contributed by atoms with Gasteiger partial charge in [-0.15, -0.1) is 0 Å². The van der Waals surface area contributed by atoms with E-state index in [-0.39, 0.29) is 11.8 Å². The van der Waals surface area contributed by atoms with Crippen LogP contribution in [0.3, 0.4) is 0 Å². The zero-order valence-corrected chi connectivity index (χ0v) is 11.9. The van der Waals surface area contributed by atoms with E-state index in [2.05, 4.69) is 17.4 Å². The van der Waals surface area contributed by atoms with Crippen LogP contribution in [0.5, 0.6) is 5.75 Å². The molecule has 1 unspecified atom stereocenters. The summed E-state index contributed by atoms with van der Waals surface area (Å²) in [6.45, 7) is 0.384. The molecule has 2 rings (SSSR count). The quantitative estimate of drug-likeness (QED) is 0.843. The van der Waals surface area contributed by atoms with Crippen molar-refractivity contribution < 1.29 is 13.2 Å². The largest absolute Gasteiger partial charge is 0.497 e. The van der Waals surface area contributed by atoms with Gasteiger partial charge in [-0.25, -0.2) is 13.6 Å². The van der Waals surface area contributed by atoms with Gasteiger partial charge in [0, 0.05) is 12.6 Å². The smallest absolute Gasteiger partial charge is 0.210 e. The van der Waals surface area contributed by atoms with E-state index in [1.54, 1.807) is 7.11 Å². The van der Waals surface area contributed by atoms with Crippen molar-refractivity contribution in [3.8, 4) is 5.75 Å². The Morgan fingerprint density at radius 2 is 2.26 bits per heavy atom. The van der Waals surface area contributed by atoms with Gasteiger partial charge in [-0.2, -0.15) is 0 Å². The zero-order valence-electron chi connectivity index (χ0n) is 11.1. The number of ether oxygens (including phenoxy) is 1. The first-order chi connectivity index (χ1) is 8.99. The Morgan fingerprint density at radius 1 is 1.47 bits per heavy atom. The fraction of sp³-hybridized carbons (Fsp3) is 0.538. The summed E-state index contributed by atoms with van der Waals surface area (Å²) < 4.78 is 27.1. The third-order valence-electron chi connectivity index (χ3n) is 3.44. The number of rotatable bonds is 5. The second kappa shape index (κ2) is 5.90. The van der Waals surface area contributed by atoms with Gasteiger partial charge in [0.25, 0.3) is 0 Å². The van der Waals surface area contributed by atoms with Crippen LogP contribution in [0.2, 0.25) is 0 Å². The molecular weight excluding hydrogens is 264 g/mol. The van der Waals surface area contributed by atoms with E-state index >= 15 is 0 Å². The molecule has 0 fully saturated rings. The molecule has 5 nitrogen and oxygen atoms in total. The second-order valence-corrected chi connectivity index (χ2v) is 6.56. The number of primary sulfonamides is 1. The molecule has 0 heterocycles. The normalized spacial score (nSPS) is 18.9. The highest BCUT2D eigenvalue weighted by molar-refractivity contribution is 7.89. The first-order valence-electron chi connectivity index (χ1n) is 6.40. The average Bonchev–Trinajstić information content (AvgIpc) is 2.37. The summed E-state index contributed by atoms with van der Waals surface area (Å²) in [6, 6.07) is 6.26. The van der Waals surface area contributed by atoms with Gasteiger partial charge in [0.2, 0.25) is 10.0 Å². The van der Waals surface area contributed by atoms with Crippen LogP contribution < -0.4 is 15.2 Å². The maximum Gasteiger partial charge on any atom is 0.210 e. The lowest BCUT2D eigenvalue weighted by Crippen LogP contribution is -2.31. The molecule has 3 N–H and O–H groups in total. The number of nitrogens with two attached hydrogens (primary N) is 1. The number of methoxy groups -OCH3 is 1. The van der Waals surface area contributed by atoms with Gasteiger partial charge < -0.3 is 10.1 Å². The maximum absolute atomic E-state index is 10.9. The number of nitrogens with one attached hydrogen (secondary N) is 1. The van der Waals surface area contributed by atoms with Crippen LogP contribution in [0.25, 0.3) is 0 Å². The highest BCUT2D eigenvalue weighted by atomic mass is 32.2. The molecule has 1 atom stereocenters. The van der Waals surface area contributed by atoms with Gasteiger partial charge >= 0.3 is 0 Å². The molecule has 0 aliphatic heterocycles. The number of sulfonamides is 1. The zero-order chi connectivity index (χ0) is 13.9. The molecule has 0 radical (unpaired) electrons. The lowest BCUT2D eigenvalue weighted by Gasteiger charge is -2.26. The molecule has 0 saturated heterocycles. The topological polar surface area (TPSA) is 81.4 Å². The minimum Gasteiger partial charge on any atom is -0.497 e. The van der Waals surface area contributed by atoms with E-state index in [0.29, 0.717) is 6.54 Å². The number of aryl methyl sites for hydroxylation is 1. The minimum atomic E-state index is -3.40. The third kappa shape index (κ3) is 3.92. The van der Waals surface area contributed by atoms with Crippen LogP contribution in [-0.2, 0) is 16.4 Å². The molecule has 106 valence electrons. The molecule has 0 saturated carbocycles. The van der Waals surface area contributed by atoms with E-state index in [0.717, 1.165) is 25.0 Å². The van der Waals surface area contributed by atoms with E-state index in [1.807, 2.05) is 6.07 Å². The number of benzene rings is 1. The van der Waals surface area contributed by atoms with Crippen molar-refractivity contribution in [3.63, 3.8) is 0 Å². The van der Waals surface area contributed by atoms with Crippen LogP contribution >= 0.6 is 0 Å². The van der Waals surface area contributed by atoms with E-state index < -0.39 is 10.0 Å². The Balaban J connectivity index is 2.05. The van der Waals surface area contributed by atoms with Gasteiger partial charge in [-0.3, -0.25) is 0 Å². The van der Waals surface area contributed by atoms with Crippen molar-refractivity contribution in [3.05, 3.63) is 29.3 Å². The maximum atomic E-state index is 10.9. The summed E-state index contributed by atoms with van der Waals surface area (Å²) in [6.07, 6.45) is 3.15. The van der Waals surface area contributed by atoms with Crippen LogP contribution in [0.4, 0.5) is 0 Å². The summed E-state index contributed by atoms with van der Waals surface area (Å²) in [5.74, 6) is 0.832. The molecule has 1 aromatic rings. The predicted octanol–water partition coefficient (Wildman–Crippen LogP) is 0.951. The van der Waals surface area contributed by atoms with Crippen LogP contribution in [0.15, 0.2) is 18.2 Å². The fourth-order valence-corrected chi connectivity index (χ4v) is 2.91. The van der Waals surface area contributed by atoms with Gasteiger partial charge in [-0.05, 0) is 42.5 Å². The first-order valence-corrected chi connectivity index (χ1v) is 8.12. The van der Waals surface area contributed by atoms with E-state index in [1.165, 1.54) is 11.1 Å². The molecular formula is C13H20N2O3S. The summed E-state index contributed by atoms with van der Waals surface area (Å²) in [5.41, 5.74) is 2.51. The lowest BCUT2D eigenvalue weighted by atomic mass is 9.87. The molecule has 1 aromatic carbocycles. The first kappa shape index (κ1) is 14.3. The lowest BCUT2D eigenvalue weighted by molar-refractivity contribution is 0.411. The van der Waals surface area contributed by atoms with E-state index in [9.17, 15) is 8.42 Å². The highest BCUT2D eigenvalue weighted by Gasteiger charge is 2.20. The molecule has 6 heteroatoms. The Hall–Kier alpha value is -1.11. The SMILES string of the molecule is COc1ccc2c(c1)CCCC2NCCS(N)(=O)=O. The Kier molecular flexibility index (Phi) is 4.44. The molecule has 0 aromatic heterocycles. The molecule has 1 aliphatic rings. The predicted molar refractivity (Wildman–Crippen MR) is 74.6 cm³/mol. The van der Waals surface area contributed by atoms with Crippen molar-refractivity contribution in [2.24, 2.45) is 5.14 Å². The van der Waals surface area contributed by atoms with Crippen molar-refractivity contribution in [1.29, 1.82) is 0 Å². The summed E-state index contributed by atoms with van der Waals surface area (Å²) in [5, 5.41) is 8.27. The highest BCUT2D eigenvalue weighted by Crippen LogP contribution is 2.31. The van der Waals surface area contributed by atoms with Gasteiger partial charge in [0.1, 0.15) is 5.75 Å². The third-order valence-corrected chi connectivity index (χ3v) is 4.21. The summed E-state index contributed by atoms with van der Waals surface area (Å²) >= 11 is 0. The molecule has 0 amide bonds. The Labute approximate surface area is 114 Å². The fourth-order valence-electron chi connectivity index (χ4n) is 2.51. The van der Waals surface area contributed by atoms with Crippen molar-refractivity contribution in [2.75, 3.05) is 19.4 Å². The second-order valence-electron chi connectivity index (χ2n) is 4.83. The van der Waals surface area contributed by atoms with Crippen molar-refractivity contribution in [1.82, 2.24) is 5.32 Å². The number of fused-ring (bicyclic) bond motifs is 1. The summed E-state index contributed by atoms with van der Waals surface area (Å²) in [7, 11) is -1.74. The van der Waals surface area contributed by atoms with Gasteiger partial charge in [0.15, 0.2) is 0 Å². The Morgan fingerprint density at radius 3 is 2.95 bits per heavy atom. The van der Waals surface area contributed by atoms with Crippen LogP contribution in [-0.4, -0.2) is 27.8 Å². The van der Waals surface area contributed by atoms with Crippen LogP contribution in [0, 0.1) is 0 Å². The molecule has 0 spiro atoms. The van der Waals surface area contributed by atoms with Crippen molar-refractivity contribution >= 4 is 10.0 Å². The minimum absolute atomic E-state index is 0.0327. The average molecular weight is 284 g/mol. The van der Waals surface area contributed by atoms with E-state index in [4.69, 9.17) is 9.88 Å². The molecule has 1 aliphatic carbocycles. The van der Waals surface area contributed by atoms with Crippen LogP contribution in [0.1, 0.15) is 30.0 Å². The molecule has 0 bridgehead atoms.